The SMILES string of the molecule is CN(C)CCN(C(=O)c1ccc(F)c(F)c1)c1nc2c(S(C)(=O)=O)cccc2s1.Cl. The van der Waals surface area contributed by atoms with Crippen LogP contribution < -0.4 is 4.90 Å². The molecule has 0 saturated carbocycles. The number of rotatable bonds is 6. The summed E-state index contributed by atoms with van der Waals surface area (Å²) in [5.74, 6) is -2.71. The van der Waals surface area contributed by atoms with Crippen molar-refractivity contribution < 1.29 is 22.0 Å². The minimum absolute atomic E-state index is 0. The van der Waals surface area contributed by atoms with Crippen LogP contribution in [0, 0.1) is 11.6 Å². The Morgan fingerprint density at radius 1 is 1.10 bits per heavy atom. The molecule has 0 atom stereocenters. The molecule has 0 aliphatic carbocycles. The highest BCUT2D eigenvalue weighted by Gasteiger charge is 2.24. The minimum atomic E-state index is -3.51. The van der Waals surface area contributed by atoms with Crippen LogP contribution in [0.2, 0.25) is 0 Å². The van der Waals surface area contributed by atoms with E-state index in [1.165, 1.54) is 17.0 Å². The van der Waals surface area contributed by atoms with Crippen molar-refractivity contribution in [1.82, 2.24) is 9.88 Å². The molecule has 0 fully saturated rings. The molecule has 0 aliphatic rings. The predicted molar refractivity (Wildman–Crippen MR) is 117 cm³/mol. The highest BCUT2D eigenvalue weighted by Crippen LogP contribution is 2.33. The van der Waals surface area contributed by atoms with Crippen molar-refractivity contribution >= 4 is 54.8 Å². The number of thiazole rings is 1. The third-order valence-electron chi connectivity index (χ3n) is 4.18. The van der Waals surface area contributed by atoms with Gasteiger partial charge in [0.05, 0.1) is 9.60 Å². The van der Waals surface area contributed by atoms with Crippen LogP contribution in [0.25, 0.3) is 10.2 Å². The second-order valence-electron chi connectivity index (χ2n) is 6.76. The van der Waals surface area contributed by atoms with Gasteiger partial charge in [0.15, 0.2) is 26.6 Å². The first kappa shape index (κ1) is 24.1. The van der Waals surface area contributed by atoms with Gasteiger partial charge >= 0.3 is 0 Å². The van der Waals surface area contributed by atoms with Crippen LogP contribution in [0.1, 0.15) is 10.4 Å². The highest BCUT2D eigenvalue weighted by atomic mass is 35.5. The largest absolute Gasteiger partial charge is 0.308 e. The van der Waals surface area contributed by atoms with E-state index in [4.69, 9.17) is 0 Å². The number of benzene rings is 2. The molecule has 0 unspecified atom stereocenters. The lowest BCUT2D eigenvalue weighted by molar-refractivity contribution is 0.0984. The van der Waals surface area contributed by atoms with Crippen molar-refractivity contribution in [3.8, 4) is 0 Å². The molecule has 0 bridgehead atoms. The van der Waals surface area contributed by atoms with Gasteiger partial charge in [-0.05, 0) is 44.4 Å². The molecule has 0 aliphatic heterocycles. The van der Waals surface area contributed by atoms with Crippen LogP contribution in [0.4, 0.5) is 13.9 Å². The number of halogens is 3. The topological polar surface area (TPSA) is 70.6 Å². The van der Waals surface area contributed by atoms with Crippen molar-refractivity contribution in [3.05, 3.63) is 53.6 Å². The number of carbonyl (C=O) groups excluding carboxylic acids is 1. The van der Waals surface area contributed by atoms with Gasteiger partial charge in [-0.25, -0.2) is 22.2 Å². The fraction of sp³-hybridized carbons (Fsp3) is 0.263. The third-order valence-corrected chi connectivity index (χ3v) is 6.36. The summed E-state index contributed by atoms with van der Waals surface area (Å²) < 4.78 is 51.6. The van der Waals surface area contributed by atoms with Crippen LogP contribution in [0.15, 0.2) is 41.3 Å². The van der Waals surface area contributed by atoms with E-state index in [-0.39, 0.29) is 40.1 Å². The quantitative estimate of drug-likeness (QED) is 0.544. The maximum atomic E-state index is 13.6. The molecule has 3 aromatic rings. The number of aromatic nitrogens is 1. The maximum Gasteiger partial charge on any atom is 0.260 e. The van der Waals surface area contributed by atoms with Crippen molar-refractivity contribution in [2.24, 2.45) is 0 Å². The third kappa shape index (κ3) is 5.12. The van der Waals surface area contributed by atoms with Gasteiger partial charge in [0, 0.05) is 24.9 Å². The summed E-state index contributed by atoms with van der Waals surface area (Å²) in [5, 5.41) is 0.285. The van der Waals surface area contributed by atoms with Gasteiger partial charge < -0.3 is 4.90 Å². The molecule has 0 spiro atoms. The predicted octanol–water partition coefficient (Wildman–Crippen LogP) is 3.61. The summed E-state index contributed by atoms with van der Waals surface area (Å²) in [4.78, 5) is 20.7. The van der Waals surface area contributed by atoms with Crippen LogP contribution >= 0.6 is 23.7 Å². The standard InChI is InChI=1S/C19H19F2N3O3S2.ClH/c1-23(2)9-10-24(18(25)12-7-8-13(20)14(21)11-12)19-22-17-15(28-19)5-4-6-16(17)29(3,26)27;/h4-8,11H,9-10H2,1-3H3;1H. The molecule has 1 amide bonds. The minimum Gasteiger partial charge on any atom is -0.308 e. The summed E-state index contributed by atoms with van der Waals surface area (Å²) in [7, 11) is 0.158. The molecule has 1 aromatic heterocycles. The first-order valence-corrected chi connectivity index (χ1v) is 11.3. The zero-order valence-corrected chi connectivity index (χ0v) is 18.9. The summed E-state index contributed by atoms with van der Waals surface area (Å²) in [6.07, 6.45) is 1.09. The Balaban J connectivity index is 0.00000320. The Morgan fingerprint density at radius 3 is 2.40 bits per heavy atom. The van der Waals surface area contributed by atoms with Gasteiger partial charge in [0.1, 0.15) is 5.52 Å². The Morgan fingerprint density at radius 2 is 1.80 bits per heavy atom. The molecule has 0 radical (unpaired) electrons. The number of carbonyl (C=O) groups is 1. The molecule has 30 heavy (non-hydrogen) atoms. The monoisotopic (exact) mass is 475 g/mol. The van der Waals surface area contributed by atoms with Crippen molar-refractivity contribution in [2.45, 2.75) is 4.90 Å². The second kappa shape index (κ2) is 9.34. The molecule has 0 N–H and O–H groups in total. The van der Waals surface area contributed by atoms with E-state index in [1.807, 2.05) is 19.0 Å². The Kier molecular flexibility index (Phi) is 7.51. The first-order valence-electron chi connectivity index (χ1n) is 8.59. The number of sulfone groups is 1. The molecule has 2 aromatic carbocycles. The van der Waals surface area contributed by atoms with E-state index in [0.717, 1.165) is 29.7 Å². The molecule has 1 heterocycles. The number of anilines is 1. The van der Waals surface area contributed by atoms with E-state index >= 15 is 0 Å². The number of fused-ring (bicyclic) bond motifs is 1. The summed E-state index contributed by atoms with van der Waals surface area (Å²) >= 11 is 1.16. The van der Waals surface area contributed by atoms with Gasteiger partial charge in [0.25, 0.3) is 5.91 Å². The Labute approximate surface area is 183 Å². The van der Waals surface area contributed by atoms with Crippen LogP contribution in [-0.4, -0.2) is 57.6 Å². The molecule has 3 rings (SSSR count). The molecule has 0 saturated heterocycles. The lowest BCUT2D eigenvalue weighted by Gasteiger charge is -2.22. The number of para-hydroxylation sites is 1. The van der Waals surface area contributed by atoms with Gasteiger partial charge in [-0.3, -0.25) is 9.69 Å². The fourth-order valence-electron chi connectivity index (χ4n) is 2.70. The molecular formula is C19H20ClF2N3O3S2. The van der Waals surface area contributed by atoms with Crippen molar-refractivity contribution in [3.63, 3.8) is 0 Å². The second-order valence-corrected chi connectivity index (χ2v) is 9.75. The van der Waals surface area contributed by atoms with E-state index in [2.05, 4.69) is 4.98 Å². The number of hydrogen-bond acceptors (Lipinski definition) is 6. The smallest absolute Gasteiger partial charge is 0.260 e. The average molecular weight is 476 g/mol. The summed E-state index contributed by atoms with van der Waals surface area (Å²) in [6, 6.07) is 7.74. The lowest BCUT2D eigenvalue weighted by atomic mass is 10.2. The first-order chi connectivity index (χ1) is 13.6. The zero-order chi connectivity index (χ0) is 21.3. The highest BCUT2D eigenvalue weighted by molar-refractivity contribution is 7.91. The van der Waals surface area contributed by atoms with Gasteiger partial charge in [-0.1, -0.05) is 17.4 Å². The molecule has 162 valence electrons. The fourth-order valence-corrected chi connectivity index (χ4v) is 4.61. The van der Waals surface area contributed by atoms with Crippen LogP contribution in [0.5, 0.6) is 0 Å². The van der Waals surface area contributed by atoms with Crippen molar-refractivity contribution in [1.29, 1.82) is 0 Å². The Hall–Kier alpha value is -2.14. The number of nitrogens with zero attached hydrogens (tertiary/aromatic N) is 3. The number of likely N-dealkylation sites (N-methyl/N-ethyl adjacent to an activating group) is 1. The van der Waals surface area contributed by atoms with Crippen LogP contribution in [0.3, 0.4) is 0 Å². The average Bonchev–Trinajstić information content (AvgIpc) is 3.06. The van der Waals surface area contributed by atoms with E-state index < -0.39 is 27.4 Å². The summed E-state index contributed by atoms with van der Waals surface area (Å²) in [5.41, 5.74) is 0.258. The molecule has 6 nitrogen and oxygen atoms in total. The number of amides is 1. The van der Waals surface area contributed by atoms with Crippen molar-refractivity contribution in [2.75, 3.05) is 38.3 Å². The van der Waals surface area contributed by atoms with E-state index in [1.54, 1.807) is 12.1 Å². The maximum absolute atomic E-state index is 13.6. The lowest BCUT2D eigenvalue weighted by Crippen LogP contribution is -2.36. The van der Waals surface area contributed by atoms with Gasteiger partial charge in [0.2, 0.25) is 0 Å². The number of hydrogen-bond donors (Lipinski definition) is 0. The van der Waals surface area contributed by atoms with E-state index in [9.17, 15) is 22.0 Å². The van der Waals surface area contributed by atoms with Gasteiger partial charge in [-0.2, -0.15) is 0 Å². The zero-order valence-electron chi connectivity index (χ0n) is 16.4. The van der Waals surface area contributed by atoms with Gasteiger partial charge in [-0.15, -0.1) is 12.4 Å². The molecule has 11 heteroatoms. The Bertz CT molecular complexity index is 1180. The normalized spacial score (nSPS) is 11.5. The molecular weight excluding hydrogens is 456 g/mol. The summed E-state index contributed by atoms with van der Waals surface area (Å²) in [6.45, 7) is 0.725. The van der Waals surface area contributed by atoms with Crippen LogP contribution in [-0.2, 0) is 9.84 Å². The van der Waals surface area contributed by atoms with E-state index in [0.29, 0.717) is 11.2 Å².